The number of aryl methyl sites for hydroxylation is 1. The lowest BCUT2D eigenvalue weighted by atomic mass is 10.1. The maximum absolute atomic E-state index is 13.8. The first-order valence-electron chi connectivity index (χ1n) is 11.9. The van der Waals surface area contributed by atoms with Crippen molar-refractivity contribution in [1.29, 1.82) is 0 Å². The van der Waals surface area contributed by atoms with Crippen LogP contribution in [0.3, 0.4) is 0 Å². The van der Waals surface area contributed by atoms with Crippen LogP contribution in [0.5, 0.6) is 11.6 Å². The number of fused-ring (bicyclic) bond motifs is 1. The number of nitrogens with one attached hydrogen (secondary N) is 1. The summed E-state index contributed by atoms with van der Waals surface area (Å²) in [6.07, 6.45) is 0.570. The largest absolute Gasteiger partial charge is 0.438 e. The fraction of sp³-hybridized carbons (Fsp3) is 0.346. The molecule has 0 unspecified atom stereocenters. The number of carbonyl (C=O) groups is 1. The van der Waals surface area contributed by atoms with Crippen molar-refractivity contribution in [1.82, 2.24) is 19.8 Å². The quantitative estimate of drug-likeness (QED) is 0.548. The smallest absolute Gasteiger partial charge is 0.322 e. The number of hydrogen-bond donors (Lipinski definition) is 1. The van der Waals surface area contributed by atoms with E-state index >= 15 is 0 Å². The van der Waals surface area contributed by atoms with Gasteiger partial charge in [-0.15, -0.1) is 0 Å². The number of rotatable bonds is 4. The van der Waals surface area contributed by atoms with Crippen LogP contribution in [-0.2, 0) is 13.0 Å². The number of benzene rings is 2. The number of urea groups is 1. The van der Waals surface area contributed by atoms with Gasteiger partial charge < -0.3 is 24.8 Å². The fourth-order valence-corrected chi connectivity index (χ4v) is 4.53. The molecule has 8 nitrogen and oxygen atoms in total. The van der Waals surface area contributed by atoms with Crippen molar-refractivity contribution >= 4 is 29.3 Å². The zero-order valence-electron chi connectivity index (χ0n) is 20.3. The number of amides is 2. The minimum absolute atomic E-state index is 0.241. The van der Waals surface area contributed by atoms with E-state index < -0.39 is 0 Å². The molecule has 36 heavy (non-hydrogen) atoms. The zero-order valence-corrected chi connectivity index (χ0v) is 21.1. The number of aromatic nitrogens is 2. The standard InChI is InChI=1S/C26H28ClFN6O2/c1-17-14-20(6-7-22(17)28)36-24-21-16-34(26(35)29-19-5-3-4-18(27)15-19)9-8-23(21)30-25(31-24)33-12-10-32(2)11-13-33/h3-7,14-15H,8-13,16H2,1-2H3,(H,29,35). The average Bonchev–Trinajstić information content (AvgIpc) is 2.86. The van der Waals surface area contributed by atoms with Crippen LogP contribution in [0.4, 0.5) is 20.8 Å². The molecule has 0 atom stereocenters. The van der Waals surface area contributed by atoms with Gasteiger partial charge in [0.2, 0.25) is 11.8 Å². The molecule has 5 rings (SSSR count). The molecule has 1 aromatic heterocycles. The van der Waals surface area contributed by atoms with Gasteiger partial charge in [0.1, 0.15) is 11.6 Å². The third-order valence-corrected chi connectivity index (χ3v) is 6.74. The molecule has 1 N–H and O–H groups in total. The molecule has 0 spiro atoms. The summed E-state index contributed by atoms with van der Waals surface area (Å²) in [5, 5.41) is 3.45. The van der Waals surface area contributed by atoms with Crippen LogP contribution in [-0.4, -0.2) is 65.6 Å². The summed E-state index contributed by atoms with van der Waals surface area (Å²) in [5.74, 6) is 1.20. The van der Waals surface area contributed by atoms with Crippen LogP contribution < -0.4 is 15.0 Å². The summed E-state index contributed by atoms with van der Waals surface area (Å²) in [6.45, 7) is 5.97. The summed E-state index contributed by atoms with van der Waals surface area (Å²) in [6, 6.07) is 11.4. The molecule has 10 heteroatoms. The van der Waals surface area contributed by atoms with Gasteiger partial charge in [-0.05, 0) is 55.9 Å². The van der Waals surface area contributed by atoms with Crippen LogP contribution in [0.2, 0.25) is 5.02 Å². The molecule has 1 saturated heterocycles. The normalized spacial score (nSPS) is 16.0. The Labute approximate surface area is 214 Å². The molecule has 1 fully saturated rings. The van der Waals surface area contributed by atoms with Gasteiger partial charge in [-0.2, -0.15) is 4.98 Å². The van der Waals surface area contributed by atoms with Crippen molar-refractivity contribution in [3.05, 3.63) is 70.1 Å². The summed E-state index contributed by atoms with van der Waals surface area (Å²) >= 11 is 6.06. The molecular weight excluding hydrogens is 483 g/mol. The number of carbonyl (C=O) groups excluding carboxylic acids is 1. The van der Waals surface area contributed by atoms with E-state index in [0.29, 0.717) is 53.4 Å². The SMILES string of the molecule is Cc1cc(Oc2nc(N3CCN(C)CC3)nc3c2CN(C(=O)Nc2cccc(Cl)c2)CC3)ccc1F. The van der Waals surface area contributed by atoms with Gasteiger partial charge in [0.15, 0.2) is 0 Å². The van der Waals surface area contributed by atoms with Crippen molar-refractivity contribution in [3.8, 4) is 11.6 Å². The molecule has 0 radical (unpaired) electrons. The lowest BCUT2D eigenvalue weighted by molar-refractivity contribution is 0.205. The van der Waals surface area contributed by atoms with Crippen LogP contribution in [0.1, 0.15) is 16.8 Å². The maximum Gasteiger partial charge on any atom is 0.322 e. The lowest BCUT2D eigenvalue weighted by Gasteiger charge is -2.34. The van der Waals surface area contributed by atoms with Crippen molar-refractivity contribution in [3.63, 3.8) is 0 Å². The molecule has 188 valence electrons. The Morgan fingerprint density at radius 3 is 2.64 bits per heavy atom. The first kappa shape index (κ1) is 24.3. The first-order valence-corrected chi connectivity index (χ1v) is 12.3. The summed E-state index contributed by atoms with van der Waals surface area (Å²) in [7, 11) is 2.10. The maximum atomic E-state index is 13.8. The van der Waals surface area contributed by atoms with Gasteiger partial charge in [0.05, 0.1) is 17.8 Å². The van der Waals surface area contributed by atoms with Gasteiger partial charge in [-0.3, -0.25) is 0 Å². The van der Waals surface area contributed by atoms with E-state index in [0.717, 1.165) is 37.4 Å². The molecule has 2 aliphatic rings. The Balaban J connectivity index is 1.43. The third-order valence-electron chi connectivity index (χ3n) is 6.50. The van der Waals surface area contributed by atoms with E-state index in [9.17, 15) is 9.18 Å². The lowest BCUT2D eigenvalue weighted by Crippen LogP contribution is -2.45. The highest BCUT2D eigenvalue weighted by molar-refractivity contribution is 6.30. The summed E-state index contributed by atoms with van der Waals surface area (Å²) < 4.78 is 20.0. The van der Waals surface area contributed by atoms with Gasteiger partial charge in [0, 0.05) is 49.9 Å². The van der Waals surface area contributed by atoms with Gasteiger partial charge in [-0.1, -0.05) is 17.7 Å². The minimum atomic E-state index is -0.297. The Bertz CT molecular complexity index is 1280. The average molecular weight is 511 g/mol. The van der Waals surface area contributed by atoms with Crippen LogP contribution >= 0.6 is 11.6 Å². The molecule has 2 amide bonds. The topological polar surface area (TPSA) is 73.8 Å². The molecule has 2 aromatic carbocycles. The van der Waals surface area contributed by atoms with Gasteiger partial charge >= 0.3 is 6.03 Å². The van der Waals surface area contributed by atoms with E-state index in [1.807, 2.05) is 0 Å². The molecule has 0 saturated carbocycles. The van der Waals surface area contributed by atoms with Crippen LogP contribution in [0, 0.1) is 12.7 Å². The van der Waals surface area contributed by atoms with Crippen molar-refractivity contribution in [2.75, 3.05) is 50.0 Å². The van der Waals surface area contributed by atoms with Crippen LogP contribution in [0.15, 0.2) is 42.5 Å². The molecule has 3 aromatic rings. The number of anilines is 2. The van der Waals surface area contributed by atoms with E-state index in [1.54, 1.807) is 48.2 Å². The van der Waals surface area contributed by atoms with E-state index in [-0.39, 0.29) is 11.8 Å². The number of hydrogen-bond acceptors (Lipinski definition) is 6. The highest BCUT2D eigenvalue weighted by atomic mass is 35.5. The monoisotopic (exact) mass is 510 g/mol. The van der Waals surface area contributed by atoms with E-state index in [1.165, 1.54) is 6.07 Å². The predicted octanol–water partition coefficient (Wildman–Crippen LogP) is 4.71. The van der Waals surface area contributed by atoms with E-state index in [2.05, 4.69) is 22.2 Å². The van der Waals surface area contributed by atoms with Gasteiger partial charge in [-0.25, -0.2) is 14.2 Å². The Morgan fingerprint density at radius 2 is 1.89 bits per heavy atom. The van der Waals surface area contributed by atoms with Crippen LogP contribution in [0.25, 0.3) is 0 Å². The second-order valence-corrected chi connectivity index (χ2v) is 9.61. The highest BCUT2D eigenvalue weighted by Crippen LogP contribution is 2.32. The molecule has 0 bridgehead atoms. The van der Waals surface area contributed by atoms with Crippen molar-refractivity contribution in [2.24, 2.45) is 0 Å². The Morgan fingerprint density at radius 1 is 1.08 bits per heavy atom. The second-order valence-electron chi connectivity index (χ2n) is 9.17. The Hall–Kier alpha value is -3.43. The first-order chi connectivity index (χ1) is 17.4. The summed E-state index contributed by atoms with van der Waals surface area (Å²) in [5.41, 5.74) is 2.72. The molecule has 2 aliphatic heterocycles. The number of halogens is 2. The number of likely N-dealkylation sites (N-methyl/N-ethyl adjacent to an activating group) is 1. The zero-order chi connectivity index (χ0) is 25.2. The number of ether oxygens (including phenoxy) is 1. The second kappa shape index (κ2) is 10.3. The molecular formula is C26H28ClFN6O2. The van der Waals surface area contributed by atoms with Crippen molar-refractivity contribution in [2.45, 2.75) is 19.9 Å². The number of nitrogens with zero attached hydrogens (tertiary/aromatic N) is 5. The highest BCUT2D eigenvalue weighted by Gasteiger charge is 2.28. The predicted molar refractivity (Wildman–Crippen MR) is 138 cm³/mol. The molecule has 0 aliphatic carbocycles. The van der Waals surface area contributed by atoms with E-state index in [4.69, 9.17) is 26.3 Å². The third kappa shape index (κ3) is 5.37. The Kier molecular flexibility index (Phi) is 6.93. The fourth-order valence-electron chi connectivity index (χ4n) is 4.34. The minimum Gasteiger partial charge on any atom is -0.438 e. The number of piperazine rings is 1. The summed E-state index contributed by atoms with van der Waals surface area (Å²) in [4.78, 5) is 28.8. The molecule has 3 heterocycles. The van der Waals surface area contributed by atoms with Crippen molar-refractivity contribution < 1.29 is 13.9 Å². The van der Waals surface area contributed by atoms with Gasteiger partial charge in [0.25, 0.3) is 0 Å².